The lowest BCUT2D eigenvalue weighted by molar-refractivity contribution is 0.0556. The number of nitrogens with one attached hydrogen (secondary N) is 1. The molecule has 4 saturated heterocycles. The molecule has 0 amide bonds. The van der Waals surface area contributed by atoms with Gasteiger partial charge in [-0.25, -0.2) is 9.97 Å². The highest BCUT2D eigenvalue weighted by Crippen LogP contribution is 2.17. The van der Waals surface area contributed by atoms with Crippen LogP contribution in [-0.4, -0.2) is 196 Å². The number of aliphatic hydroxyl groups is 6. The Balaban J connectivity index is 0. The van der Waals surface area contributed by atoms with E-state index in [0.717, 1.165) is 0 Å². The highest BCUT2D eigenvalue weighted by atomic mass is 32.1. The van der Waals surface area contributed by atoms with Crippen molar-refractivity contribution >= 4 is 69.4 Å². The van der Waals surface area contributed by atoms with E-state index in [4.69, 9.17) is 97.7 Å². The second-order valence-electron chi connectivity index (χ2n) is 12.3. The molecule has 4 aromatic heterocycles. The number of ether oxygens (including phenoxy) is 6. The Hall–Kier alpha value is -3.86. The summed E-state index contributed by atoms with van der Waals surface area (Å²) in [7, 11) is 6.84. The number of thiocarbonyl (C=S) groups is 4. The van der Waals surface area contributed by atoms with Crippen molar-refractivity contribution in [3.63, 3.8) is 0 Å². The zero-order valence-corrected chi connectivity index (χ0v) is 41.3. The molecule has 0 radical (unpaired) electrons. The quantitative estimate of drug-likeness (QED) is 0.134. The third kappa shape index (κ3) is 27.7. The smallest absolute Gasteiger partial charge is 0.256 e. The first-order valence-corrected chi connectivity index (χ1v) is 21.3. The van der Waals surface area contributed by atoms with Gasteiger partial charge in [-0.15, -0.1) is 0 Å². The number of nitrogens with two attached hydrogens (primary N) is 1. The zero-order chi connectivity index (χ0) is 60.3. The van der Waals surface area contributed by atoms with Gasteiger partial charge in [0.1, 0.15) is 24.9 Å². The van der Waals surface area contributed by atoms with Crippen molar-refractivity contribution in [3.05, 3.63) is 86.5 Å². The molecule has 9 N–H and O–H groups in total. The Morgan fingerprint density at radius 3 is 1.24 bits per heavy atom. The summed E-state index contributed by atoms with van der Waals surface area (Å²) in [5, 5.41) is 36.3. The van der Waals surface area contributed by atoms with E-state index in [1.807, 2.05) is 70.6 Å². The number of nitrogens with zero attached hydrogens (tertiary/aromatic N) is 6. The van der Waals surface area contributed by atoms with Crippen LogP contribution in [0.3, 0.4) is 0 Å². The van der Waals surface area contributed by atoms with Gasteiger partial charge in [0.05, 0.1) is 55.3 Å². The van der Waals surface area contributed by atoms with E-state index in [1.54, 1.807) is 41.2 Å². The van der Waals surface area contributed by atoms with Crippen molar-refractivity contribution in [1.29, 1.82) is 5.72 Å². The molecule has 24 heteroatoms. The number of hydrogen-bond donors (Lipinski definition) is 8. The Kier molecular flexibility index (Phi) is 28.0. The summed E-state index contributed by atoms with van der Waals surface area (Å²) >= 11 is 19.7. The van der Waals surface area contributed by atoms with Crippen LogP contribution in [0.1, 0.15) is 64.2 Å². The molecule has 4 unspecified atom stereocenters. The van der Waals surface area contributed by atoms with Crippen LogP contribution in [0, 0.1) is 0 Å². The van der Waals surface area contributed by atoms with Gasteiger partial charge >= 0.3 is 0 Å². The van der Waals surface area contributed by atoms with Gasteiger partial charge in [-0.1, -0.05) is 0 Å². The molecule has 4 aliphatic heterocycles. The first kappa shape index (κ1) is 45.6. The highest BCUT2D eigenvalue weighted by molar-refractivity contribution is 7.80. The van der Waals surface area contributed by atoms with Gasteiger partial charge in [-0.2, -0.15) is 0 Å². The molecule has 67 heavy (non-hydrogen) atoms. The van der Waals surface area contributed by atoms with Crippen molar-refractivity contribution in [3.8, 4) is 0 Å². The fourth-order valence-corrected chi connectivity index (χ4v) is 5.30. The van der Waals surface area contributed by atoms with Crippen LogP contribution in [0.4, 0.5) is 0 Å². The number of aromatic nitrogens is 6. The summed E-state index contributed by atoms with van der Waals surface area (Å²) in [4.78, 5) is 7.83. The second kappa shape index (κ2) is 41.1. The maximum absolute atomic E-state index is 8.99. The first-order chi connectivity index (χ1) is 37.7. The molecular weight excluding hydrogens is 949 g/mol. The van der Waals surface area contributed by atoms with Crippen molar-refractivity contribution in [2.45, 2.75) is 102 Å². The van der Waals surface area contributed by atoms with Gasteiger partial charge in [0.2, 0.25) is 5.72 Å². The fourth-order valence-electron chi connectivity index (χ4n) is 4.60. The van der Waals surface area contributed by atoms with Gasteiger partial charge in [0.15, 0.2) is 10.2 Å². The molecule has 0 aromatic carbocycles. The molecule has 0 spiro atoms. The number of imidazole rings is 2. The fraction of sp³-hybridized carbons (Fsp3) is 0.581. The van der Waals surface area contributed by atoms with Gasteiger partial charge < -0.3 is 79.3 Å². The highest BCUT2D eigenvalue weighted by Gasteiger charge is 2.27. The summed E-state index contributed by atoms with van der Waals surface area (Å²) in [6, 6.07) is 7.74. The average molecular weight is 1040 g/mol. The normalized spacial score (nSPS) is 29.2. The lowest BCUT2D eigenvalue weighted by Crippen LogP contribution is -2.29. The number of hydrogen-bond acceptors (Lipinski definition) is 18. The van der Waals surface area contributed by atoms with E-state index in [9.17, 15) is 0 Å². The van der Waals surface area contributed by atoms with E-state index in [0.29, 0.717) is 41.1 Å². The minimum absolute atomic E-state index is 0.0452. The molecule has 8 heterocycles. The molecule has 20 nitrogen and oxygen atoms in total. The van der Waals surface area contributed by atoms with Crippen LogP contribution < -0.4 is 11.1 Å². The average Bonchev–Trinajstić information content (AvgIpc) is 4.27. The molecule has 0 saturated carbocycles. The van der Waals surface area contributed by atoms with E-state index in [2.05, 4.69) is 47.9 Å². The summed E-state index contributed by atoms with van der Waals surface area (Å²) in [6.45, 7) is -2.15. The first-order valence-electron chi connectivity index (χ1n) is 26.4. The van der Waals surface area contributed by atoms with Crippen molar-refractivity contribution in [2.24, 2.45) is 5.73 Å². The molecule has 382 valence electrons. The predicted octanol–water partition coefficient (Wildman–Crippen LogP) is 2.59. The van der Waals surface area contributed by atoms with Gasteiger partial charge in [-0.3, -0.25) is 9.13 Å². The summed E-state index contributed by atoms with van der Waals surface area (Å²) < 4.78 is 117. The Morgan fingerprint density at radius 1 is 0.627 bits per heavy atom. The maximum Gasteiger partial charge on any atom is 0.256 e. The van der Waals surface area contributed by atoms with E-state index in [1.165, 1.54) is 28.4 Å². The lowest BCUT2D eigenvalue weighted by Gasteiger charge is -2.16. The van der Waals surface area contributed by atoms with Crippen LogP contribution in [0.2, 0.25) is 0 Å². The molecule has 8 rings (SSSR count). The molecule has 4 aliphatic rings. The minimum atomic E-state index is -0.615. The predicted molar refractivity (Wildman–Crippen MR) is 273 cm³/mol. The largest absolute Gasteiger partial charge is 0.465 e. The topological polar surface area (TPSA) is 260 Å². The molecule has 0 bridgehead atoms. The molecule has 0 aliphatic carbocycles. The summed E-state index contributed by atoms with van der Waals surface area (Å²) in [6.07, 6.45) is 16.4. The van der Waals surface area contributed by atoms with E-state index in [-0.39, 0.29) is 57.2 Å². The Labute approximate surface area is 433 Å². The maximum atomic E-state index is 8.99. The number of aliphatic hydroxyl groups excluding tert-OH is 6. The molecule has 4 fully saturated rings. The molecule has 4 aromatic rings. The molecular formula is C43H74N8O12S4. The number of rotatable bonds is 2. The van der Waals surface area contributed by atoms with Gasteiger partial charge in [0, 0.05) is 117 Å². The van der Waals surface area contributed by atoms with Crippen molar-refractivity contribution in [1.82, 2.24) is 33.6 Å². The van der Waals surface area contributed by atoms with Gasteiger partial charge in [-0.05, 0) is 114 Å². The van der Waals surface area contributed by atoms with Crippen molar-refractivity contribution < 1.29 is 70.0 Å². The standard InChI is InChI=1S/2C8H7N3S.C7H13NO2S.C6H11NO2S.2C5H10O2.4CH4O/c2*12-8(10-4-1-2-5-10)11-6-3-9-7-11;1-5-6(3-4-9-5)10-7(11)8-2;1-4-5(2-3-8-4)9-6(7)10;2*1-4-5(6)2-3-7-4;4*1-2/h2*1-7H;5-6H,3-4H2,1-2H3,(H,8,11);4-5H,2-3H2,1H3,(H2,7,10);2*4-6H,2-3H2,1H3;4*2H,1H3/t;;5-,6?;3*4-,5?;;;;/m..1111..../s1/i;;1D,4T;3*1D,3T;4*2T/t;;4-,5-,6?;3*3-,4-,5?;;;;. The molecule has 12 atom stereocenters. The van der Waals surface area contributed by atoms with E-state index < -0.39 is 50.7 Å². The van der Waals surface area contributed by atoms with Crippen LogP contribution in [0.25, 0.3) is 0 Å². The van der Waals surface area contributed by atoms with E-state index >= 15 is 0 Å². The lowest BCUT2D eigenvalue weighted by atomic mass is 10.2. The van der Waals surface area contributed by atoms with Crippen LogP contribution in [0.5, 0.6) is 0 Å². The van der Waals surface area contributed by atoms with Crippen molar-refractivity contribution in [2.75, 3.05) is 61.8 Å². The third-order valence-electron chi connectivity index (χ3n) is 7.94. The van der Waals surface area contributed by atoms with Crippen LogP contribution in [0.15, 0.2) is 86.5 Å². The van der Waals surface area contributed by atoms with Crippen LogP contribution in [-0.2, 0) is 28.4 Å². The summed E-state index contributed by atoms with van der Waals surface area (Å²) in [5.41, 5.74) is 5.17. The zero-order valence-electron chi connectivity index (χ0n) is 50.0. The SMILES string of the molecule is S=C(n1cccc1)n1ccnc1.S=C(n1cccc1)n1ccnc1.[2H]C[C@H]1O[C@H]([3H])CC1O.[2H]C[C@H]1O[C@H]([3H])CC1O.[2H]C[C@H]1O[C@H]([3H])CC1OC(=S)NC.[2H]C[C@H]1O[C@H]([3H])CC1OC(N)=S.[3H]OC.[3H]OC.[3H]OC.[3H]OC. The second-order valence-corrected chi connectivity index (χ2v) is 13.8. The summed E-state index contributed by atoms with van der Waals surface area (Å²) in [5.74, 6) is 0. The monoisotopic (exact) mass is 1040 g/mol. The minimum Gasteiger partial charge on any atom is -0.465 e. The Bertz CT molecular complexity index is 1900. The Morgan fingerprint density at radius 2 is 0.970 bits per heavy atom. The third-order valence-corrected chi connectivity index (χ3v) is 9.18. The van der Waals surface area contributed by atoms with Crippen LogP contribution >= 0.6 is 48.9 Å². The van der Waals surface area contributed by atoms with Gasteiger partial charge in [0.25, 0.3) is 10.3 Å².